The van der Waals surface area contributed by atoms with Crippen LogP contribution in [0.1, 0.15) is 68.6 Å². The van der Waals surface area contributed by atoms with Gasteiger partial charge in [-0.25, -0.2) is 4.39 Å². The summed E-state index contributed by atoms with van der Waals surface area (Å²) in [6.07, 6.45) is 11.5. The highest BCUT2D eigenvalue weighted by Gasteiger charge is 2.40. The smallest absolute Gasteiger partial charge is 0.253 e. The van der Waals surface area contributed by atoms with Crippen molar-refractivity contribution in [3.63, 3.8) is 0 Å². The molecule has 3 saturated carbocycles. The van der Waals surface area contributed by atoms with Crippen molar-refractivity contribution in [3.8, 4) is 0 Å². The van der Waals surface area contributed by atoms with Crippen molar-refractivity contribution < 1.29 is 9.18 Å². The lowest BCUT2D eigenvalue weighted by Crippen LogP contribution is -2.43. The number of nitrogens with one attached hydrogen (secondary N) is 1. The van der Waals surface area contributed by atoms with Gasteiger partial charge in [-0.2, -0.15) is 0 Å². The van der Waals surface area contributed by atoms with Crippen LogP contribution in [0.2, 0.25) is 0 Å². The molecule has 1 aromatic carbocycles. The zero-order chi connectivity index (χ0) is 18.1. The molecule has 2 aromatic rings. The standard InChI is InChI=1S/C22H29FN2O/c1-2-3-13-25-14-17(20-18(23)5-4-6-19(20)25)21(26)24-15-22-10-7-16(8-11-22)9-12-22/h4-6,14,16H,2-3,7-13,15H2,1H3,(H,24,26). The molecule has 3 nitrogen and oxygen atoms in total. The zero-order valence-corrected chi connectivity index (χ0v) is 15.7. The molecule has 0 saturated heterocycles. The minimum atomic E-state index is -0.306. The molecule has 2 bridgehead atoms. The van der Waals surface area contributed by atoms with Crippen molar-refractivity contribution in [3.05, 3.63) is 35.8 Å². The maximum atomic E-state index is 14.5. The Balaban J connectivity index is 1.56. The molecule has 3 aliphatic rings. The Labute approximate surface area is 155 Å². The summed E-state index contributed by atoms with van der Waals surface area (Å²) in [5.74, 6) is 0.481. The van der Waals surface area contributed by atoms with E-state index in [1.54, 1.807) is 6.07 Å². The lowest BCUT2D eigenvalue weighted by atomic mass is 9.61. The van der Waals surface area contributed by atoms with E-state index in [1.807, 2.05) is 16.8 Å². The third kappa shape index (κ3) is 3.15. The maximum Gasteiger partial charge on any atom is 0.253 e. The van der Waals surface area contributed by atoms with E-state index in [4.69, 9.17) is 0 Å². The Kier molecular flexibility index (Phi) is 4.76. The average Bonchev–Trinajstić information content (AvgIpc) is 3.06. The SMILES string of the molecule is CCCCn1cc(C(=O)NCC23CCC(CC2)CC3)c2c(F)cccc21. The number of fused-ring (bicyclic) bond motifs is 4. The van der Waals surface area contributed by atoms with Crippen molar-refractivity contribution in [2.24, 2.45) is 11.3 Å². The Morgan fingerprint density at radius 2 is 2.00 bits per heavy atom. The summed E-state index contributed by atoms with van der Waals surface area (Å²) in [6, 6.07) is 5.08. The molecule has 1 amide bonds. The molecule has 0 radical (unpaired) electrons. The fourth-order valence-corrected chi connectivity index (χ4v) is 4.96. The van der Waals surface area contributed by atoms with Crippen LogP contribution in [0.4, 0.5) is 4.39 Å². The lowest BCUT2D eigenvalue weighted by molar-refractivity contribution is 0.0597. The lowest BCUT2D eigenvalue weighted by Gasteiger charge is -2.46. The largest absolute Gasteiger partial charge is 0.351 e. The van der Waals surface area contributed by atoms with Gasteiger partial charge in [0, 0.05) is 24.7 Å². The molecule has 5 rings (SSSR count). The van der Waals surface area contributed by atoms with Gasteiger partial charge in [0.1, 0.15) is 5.82 Å². The number of aryl methyl sites for hydroxylation is 1. The van der Waals surface area contributed by atoms with Crippen molar-refractivity contribution in [1.82, 2.24) is 9.88 Å². The highest BCUT2D eigenvalue weighted by atomic mass is 19.1. The van der Waals surface area contributed by atoms with Crippen LogP contribution in [0.5, 0.6) is 0 Å². The van der Waals surface area contributed by atoms with Crippen LogP contribution in [0.25, 0.3) is 10.9 Å². The summed E-state index contributed by atoms with van der Waals surface area (Å²) in [5, 5.41) is 3.62. The van der Waals surface area contributed by atoms with Gasteiger partial charge in [-0.05, 0) is 68.4 Å². The molecule has 3 aliphatic carbocycles. The topological polar surface area (TPSA) is 34.0 Å². The quantitative estimate of drug-likeness (QED) is 0.750. The van der Waals surface area contributed by atoms with E-state index in [9.17, 15) is 9.18 Å². The van der Waals surface area contributed by atoms with E-state index in [0.717, 1.165) is 37.4 Å². The van der Waals surface area contributed by atoms with Crippen LogP contribution < -0.4 is 5.32 Å². The van der Waals surface area contributed by atoms with Gasteiger partial charge >= 0.3 is 0 Å². The van der Waals surface area contributed by atoms with Crippen LogP contribution in [-0.2, 0) is 6.54 Å². The first-order valence-electron chi connectivity index (χ1n) is 10.2. The Morgan fingerprint density at radius 3 is 2.69 bits per heavy atom. The van der Waals surface area contributed by atoms with Gasteiger partial charge in [0.2, 0.25) is 0 Å². The number of unbranched alkanes of at least 4 members (excludes halogenated alkanes) is 1. The number of benzene rings is 1. The first kappa shape index (κ1) is 17.6. The summed E-state index contributed by atoms with van der Waals surface area (Å²) in [5.41, 5.74) is 1.58. The molecule has 0 spiro atoms. The molecular weight excluding hydrogens is 327 g/mol. The minimum absolute atomic E-state index is 0.127. The monoisotopic (exact) mass is 356 g/mol. The summed E-state index contributed by atoms with van der Waals surface area (Å²) in [7, 11) is 0. The van der Waals surface area contributed by atoms with Crippen LogP contribution in [0.15, 0.2) is 24.4 Å². The molecule has 1 heterocycles. The number of nitrogens with zero attached hydrogens (tertiary/aromatic N) is 1. The van der Waals surface area contributed by atoms with Crippen LogP contribution in [0, 0.1) is 17.2 Å². The van der Waals surface area contributed by atoms with E-state index in [-0.39, 0.29) is 17.1 Å². The average molecular weight is 356 g/mol. The molecule has 140 valence electrons. The number of hydrogen-bond acceptors (Lipinski definition) is 1. The molecule has 0 aliphatic heterocycles. The first-order chi connectivity index (χ1) is 12.6. The number of amides is 1. The maximum absolute atomic E-state index is 14.5. The molecule has 0 atom stereocenters. The van der Waals surface area contributed by atoms with E-state index in [2.05, 4.69) is 12.2 Å². The van der Waals surface area contributed by atoms with Crippen LogP contribution >= 0.6 is 0 Å². The predicted molar refractivity (Wildman–Crippen MR) is 103 cm³/mol. The number of carbonyl (C=O) groups excluding carboxylic acids is 1. The summed E-state index contributed by atoms with van der Waals surface area (Å²) in [6.45, 7) is 3.68. The highest BCUT2D eigenvalue weighted by Crippen LogP contribution is 2.49. The molecule has 3 fully saturated rings. The highest BCUT2D eigenvalue weighted by molar-refractivity contribution is 6.07. The fraction of sp³-hybridized carbons (Fsp3) is 0.591. The molecule has 4 heteroatoms. The van der Waals surface area contributed by atoms with E-state index in [0.29, 0.717) is 10.9 Å². The van der Waals surface area contributed by atoms with Crippen molar-refractivity contribution >= 4 is 16.8 Å². The number of halogens is 1. The number of aromatic nitrogens is 1. The summed E-state index contributed by atoms with van der Waals surface area (Å²) >= 11 is 0. The Morgan fingerprint density at radius 1 is 1.27 bits per heavy atom. The van der Waals surface area contributed by atoms with Gasteiger partial charge < -0.3 is 9.88 Å². The molecule has 1 N–H and O–H groups in total. The number of carbonyl (C=O) groups is 1. The van der Waals surface area contributed by atoms with Crippen LogP contribution in [0.3, 0.4) is 0 Å². The van der Waals surface area contributed by atoms with Crippen molar-refractivity contribution in [2.45, 2.75) is 64.8 Å². The second-order valence-corrected chi connectivity index (χ2v) is 8.39. The van der Waals surface area contributed by atoms with Gasteiger partial charge in [-0.3, -0.25) is 4.79 Å². The number of hydrogen-bond donors (Lipinski definition) is 1. The predicted octanol–water partition coefficient (Wildman–Crippen LogP) is 5.28. The van der Waals surface area contributed by atoms with Gasteiger partial charge in [0.25, 0.3) is 5.91 Å². The first-order valence-corrected chi connectivity index (χ1v) is 10.2. The van der Waals surface area contributed by atoms with E-state index in [1.165, 1.54) is 44.6 Å². The van der Waals surface area contributed by atoms with Gasteiger partial charge in [0.05, 0.1) is 11.1 Å². The molecule has 0 unspecified atom stereocenters. The molecule has 1 aromatic heterocycles. The Bertz CT molecular complexity index is 788. The van der Waals surface area contributed by atoms with Crippen molar-refractivity contribution in [1.29, 1.82) is 0 Å². The second-order valence-electron chi connectivity index (χ2n) is 8.39. The van der Waals surface area contributed by atoms with Gasteiger partial charge in [-0.1, -0.05) is 19.4 Å². The number of rotatable bonds is 6. The van der Waals surface area contributed by atoms with Gasteiger partial charge in [0.15, 0.2) is 0 Å². The second kappa shape index (κ2) is 7.05. The Hall–Kier alpha value is -1.84. The molecule has 26 heavy (non-hydrogen) atoms. The van der Waals surface area contributed by atoms with Crippen LogP contribution in [-0.4, -0.2) is 17.0 Å². The normalized spacial score (nSPS) is 24.9. The zero-order valence-electron chi connectivity index (χ0n) is 15.7. The summed E-state index contributed by atoms with van der Waals surface area (Å²) < 4.78 is 16.5. The molecular formula is C22H29FN2O. The van der Waals surface area contributed by atoms with E-state index < -0.39 is 0 Å². The minimum Gasteiger partial charge on any atom is -0.351 e. The summed E-state index contributed by atoms with van der Waals surface area (Å²) in [4.78, 5) is 12.9. The third-order valence-corrected chi connectivity index (χ3v) is 6.73. The van der Waals surface area contributed by atoms with Gasteiger partial charge in [-0.15, -0.1) is 0 Å². The third-order valence-electron chi connectivity index (χ3n) is 6.73. The van der Waals surface area contributed by atoms with Crippen molar-refractivity contribution in [2.75, 3.05) is 6.54 Å². The van der Waals surface area contributed by atoms with E-state index >= 15 is 0 Å². The fourth-order valence-electron chi connectivity index (χ4n) is 4.96.